The van der Waals surface area contributed by atoms with Gasteiger partial charge in [-0.15, -0.1) is 0 Å². The summed E-state index contributed by atoms with van der Waals surface area (Å²) in [5, 5.41) is 9.83. The summed E-state index contributed by atoms with van der Waals surface area (Å²) in [6, 6.07) is 0. The van der Waals surface area contributed by atoms with Crippen molar-refractivity contribution in [3.8, 4) is 0 Å². The average molecular weight is 280 g/mol. The normalized spacial score (nSPS) is 16.4. The molecule has 4 N–H and O–H groups in total. The molecule has 0 radical (unpaired) electrons. The first-order valence-corrected chi connectivity index (χ1v) is 7.10. The van der Waals surface area contributed by atoms with Gasteiger partial charge < -0.3 is 15.8 Å². The molecule has 1 saturated carbocycles. The molecule has 2 rings (SSSR count). The first-order chi connectivity index (χ1) is 9.49. The van der Waals surface area contributed by atoms with Crippen molar-refractivity contribution in [1.29, 1.82) is 0 Å². The topological polar surface area (TPSA) is 93.0 Å². The first-order valence-electron chi connectivity index (χ1n) is 7.10. The maximum Gasteiger partial charge on any atom is 0.273 e. The van der Waals surface area contributed by atoms with Crippen molar-refractivity contribution in [2.75, 3.05) is 26.0 Å². The Balaban J connectivity index is 1.92. The van der Waals surface area contributed by atoms with E-state index in [2.05, 4.69) is 15.5 Å². The molecule has 0 spiro atoms. The Labute approximate surface area is 119 Å². The zero-order valence-electron chi connectivity index (χ0n) is 12.5. The third kappa shape index (κ3) is 3.12. The number of ether oxygens (including phenoxy) is 1. The summed E-state index contributed by atoms with van der Waals surface area (Å²) in [5.74, 6) is 0.0230. The molecular weight excluding hydrogens is 256 g/mol. The number of nitrogens with zero attached hydrogens (tertiary/aromatic N) is 1. The minimum absolute atomic E-state index is 0.200. The van der Waals surface area contributed by atoms with Crippen LogP contribution < -0.4 is 11.1 Å². The number of hydrogen-bond acceptors (Lipinski definition) is 4. The number of methoxy groups -OCH3 is 1. The van der Waals surface area contributed by atoms with E-state index in [-0.39, 0.29) is 17.2 Å². The number of carbonyl (C=O) groups excluding carboxylic acids is 1. The van der Waals surface area contributed by atoms with Gasteiger partial charge in [-0.05, 0) is 30.6 Å². The Morgan fingerprint density at radius 3 is 2.75 bits per heavy atom. The van der Waals surface area contributed by atoms with E-state index in [0.29, 0.717) is 17.9 Å². The van der Waals surface area contributed by atoms with Crippen LogP contribution in [-0.4, -0.2) is 36.4 Å². The van der Waals surface area contributed by atoms with Gasteiger partial charge in [0.25, 0.3) is 5.91 Å². The molecule has 6 nitrogen and oxygen atoms in total. The highest BCUT2D eigenvalue weighted by Crippen LogP contribution is 2.48. The van der Waals surface area contributed by atoms with E-state index in [4.69, 9.17) is 10.5 Å². The molecule has 1 heterocycles. The molecule has 112 valence electrons. The van der Waals surface area contributed by atoms with E-state index < -0.39 is 0 Å². The third-order valence-corrected chi connectivity index (χ3v) is 4.04. The number of nitrogen functional groups attached to an aromatic ring is 1. The molecule has 0 aliphatic heterocycles. The molecule has 0 bridgehead atoms. The van der Waals surface area contributed by atoms with Crippen molar-refractivity contribution in [2.45, 2.75) is 39.0 Å². The van der Waals surface area contributed by atoms with E-state index >= 15 is 0 Å². The predicted octanol–water partition coefficient (Wildman–Crippen LogP) is 1.66. The predicted molar refractivity (Wildman–Crippen MR) is 77.6 cm³/mol. The second-order valence-electron chi connectivity index (χ2n) is 5.98. The van der Waals surface area contributed by atoms with E-state index in [9.17, 15) is 4.79 Å². The lowest BCUT2D eigenvalue weighted by atomic mass is 10.0. The van der Waals surface area contributed by atoms with Gasteiger partial charge in [0, 0.05) is 20.3 Å². The van der Waals surface area contributed by atoms with Crippen LogP contribution in [0.2, 0.25) is 0 Å². The summed E-state index contributed by atoms with van der Waals surface area (Å²) in [7, 11) is 1.70. The molecule has 6 heteroatoms. The van der Waals surface area contributed by atoms with Gasteiger partial charge >= 0.3 is 0 Å². The van der Waals surface area contributed by atoms with E-state index in [0.717, 1.165) is 31.6 Å². The lowest BCUT2D eigenvalue weighted by Gasteiger charge is -2.15. The van der Waals surface area contributed by atoms with Gasteiger partial charge in [0.15, 0.2) is 5.69 Å². The molecule has 20 heavy (non-hydrogen) atoms. The molecular formula is C14H24N4O2. The highest BCUT2D eigenvalue weighted by Gasteiger charge is 2.42. The van der Waals surface area contributed by atoms with Gasteiger partial charge in [0.2, 0.25) is 0 Å². The SMILES string of the molecule is COCCC1(CNC(=O)c2n[nH]c(C(C)C)c2N)CC1. The summed E-state index contributed by atoms with van der Waals surface area (Å²) < 4.78 is 5.11. The lowest BCUT2D eigenvalue weighted by molar-refractivity contribution is 0.0934. The number of carbonyl (C=O) groups is 1. The van der Waals surface area contributed by atoms with Crippen molar-refractivity contribution in [1.82, 2.24) is 15.5 Å². The highest BCUT2D eigenvalue weighted by molar-refractivity contribution is 5.97. The maximum atomic E-state index is 12.1. The van der Waals surface area contributed by atoms with Crippen molar-refractivity contribution in [3.63, 3.8) is 0 Å². The van der Waals surface area contributed by atoms with Gasteiger partial charge in [-0.3, -0.25) is 9.89 Å². The van der Waals surface area contributed by atoms with Crippen LogP contribution in [0.4, 0.5) is 5.69 Å². The number of aromatic nitrogens is 2. The number of H-pyrrole nitrogens is 1. The number of anilines is 1. The number of rotatable bonds is 7. The van der Waals surface area contributed by atoms with Crippen LogP contribution in [0.1, 0.15) is 55.2 Å². The summed E-state index contributed by atoms with van der Waals surface area (Å²) >= 11 is 0. The quantitative estimate of drug-likeness (QED) is 0.708. The molecule has 1 fully saturated rings. The van der Waals surface area contributed by atoms with Crippen LogP contribution in [0, 0.1) is 5.41 Å². The van der Waals surface area contributed by atoms with Crippen molar-refractivity contribution >= 4 is 11.6 Å². The number of amides is 1. The van der Waals surface area contributed by atoms with Crippen LogP contribution in [0.5, 0.6) is 0 Å². The zero-order chi connectivity index (χ0) is 14.8. The summed E-state index contributed by atoms with van der Waals surface area (Å²) in [6.45, 7) is 5.42. The molecule has 1 aliphatic carbocycles. The van der Waals surface area contributed by atoms with Gasteiger partial charge in [-0.1, -0.05) is 13.8 Å². The van der Waals surface area contributed by atoms with E-state index in [1.807, 2.05) is 13.8 Å². The smallest absolute Gasteiger partial charge is 0.273 e. The van der Waals surface area contributed by atoms with Crippen LogP contribution in [-0.2, 0) is 4.74 Å². The molecule has 1 aromatic heterocycles. The van der Waals surface area contributed by atoms with Crippen LogP contribution in [0.3, 0.4) is 0 Å². The highest BCUT2D eigenvalue weighted by atomic mass is 16.5. The zero-order valence-corrected chi connectivity index (χ0v) is 12.5. The standard InChI is InChI=1S/C14H24N4O2/c1-9(2)11-10(15)12(18-17-11)13(19)16-8-14(4-5-14)6-7-20-3/h9H,4-8,15H2,1-3H3,(H,16,19)(H,17,18). The fourth-order valence-corrected chi connectivity index (χ4v) is 2.34. The molecule has 0 atom stereocenters. The van der Waals surface area contributed by atoms with Crippen LogP contribution in [0.25, 0.3) is 0 Å². The van der Waals surface area contributed by atoms with Gasteiger partial charge in [0.05, 0.1) is 11.4 Å². The second kappa shape index (κ2) is 5.83. The molecule has 1 aliphatic rings. The molecule has 0 unspecified atom stereocenters. The second-order valence-corrected chi connectivity index (χ2v) is 5.98. The Morgan fingerprint density at radius 1 is 1.55 bits per heavy atom. The van der Waals surface area contributed by atoms with Crippen LogP contribution in [0.15, 0.2) is 0 Å². The first kappa shape index (κ1) is 14.8. The Hall–Kier alpha value is -1.56. The third-order valence-electron chi connectivity index (χ3n) is 4.04. The van der Waals surface area contributed by atoms with E-state index in [1.165, 1.54) is 0 Å². The number of hydrogen-bond donors (Lipinski definition) is 3. The van der Waals surface area contributed by atoms with Gasteiger partial charge in [-0.25, -0.2) is 0 Å². The van der Waals surface area contributed by atoms with E-state index in [1.54, 1.807) is 7.11 Å². The minimum Gasteiger partial charge on any atom is -0.395 e. The largest absolute Gasteiger partial charge is 0.395 e. The number of nitrogens with one attached hydrogen (secondary N) is 2. The maximum absolute atomic E-state index is 12.1. The van der Waals surface area contributed by atoms with Gasteiger partial charge in [0.1, 0.15) is 0 Å². The minimum atomic E-state index is -0.200. The fourth-order valence-electron chi connectivity index (χ4n) is 2.34. The molecule has 1 amide bonds. The number of nitrogens with two attached hydrogens (primary N) is 1. The van der Waals surface area contributed by atoms with Crippen LogP contribution >= 0.6 is 0 Å². The Bertz CT molecular complexity index is 478. The molecule has 1 aromatic rings. The fraction of sp³-hybridized carbons (Fsp3) is 0.714. The summed E-state index contributed by atoms with van der Waals surface area (Å²) in [5.41, 5.74) is 7.76. The lowest BCUT2D eigenvalue weighted by Crippen LogP contribution is -2.31. The molecule has 0 saturated heterocycles. The molecule has 0 aromatic carbocycles. The van der Waals surface area contributed by atoms with Crippen molar-refractivity contribution < 1.29 is 9.53 Å². The monoisotopic (exact) mass is 280 g/mol. The average Bonchev–Trinajstić information content (AvgIpc) is 3.08. The van der Waals surface area contributed by atoms with Crippen molar-refractivity contribution in [3.05, 3.63) is 11.4 Å². The summed E-state index contributed by atoms with van der Waals surface area (Å²) in [6.07, 6.45) is 3.27. The number of aromatic amines is 1. The van der Waals surface area contributed by atoms with Gasteiger partial charge in [-0.2, -0.15) is 5.10 Å². The van der Waals surface area contributed by atoms with Crippen molar-refractivity contribution in [2.24, 2.45) is 5.41 Å². The Morgan fingerprint density at radius 2 is 2.25 bits per heavy atom. The summed E-state index contributed by atoms with van der Waals surface area (Å²) in [4.78, 5) is 12.1. The Kier molecular flexibility index (Phi) is 4.32.